The quantitative estimate of drug-likeness (QED) is 0.167. The molecule has 33 heavy (non-hydrogen) atoms. The summed E-state index contributed by atoms with van der Waals surface area (Å²) in [5.41, 5.74) is 5.25. The van der Waals surface area contributed by atoms with E-state index in [2.05, 4.69) is 61.8 Å². The van der Waals surface area contributed by atoms with E-state index < -0.39 is 0 Å². The van der Waals surface area contributed by atoms with Gasteiger partial charge in [-0.05, 0) is 61.0 Å². The summed E-state index contributed by atoms with van der Waals surface area (Å²) < 4.78 is 9.87. The molecule has 7 heteroatoms. The molecule has 0 spiro atoms. The van der Waals surface area contributed by atoms with Gasteiger partial charge in [-0.15, -0.1) is 0 Å². The Bertz CT molecular complexity index is 1030. The number of aromatic nitrogens is 2. The lowest BCUT2D eigenvalue weighted by Crippen LogP contribution is -2.73. The van der Waals surface area contributed by atoms with Crippen LogP contribution < -0.4 is 9.79 Å². The number of nitrogens with two attached hydrogens (primary N) is 1. The minimum absolute atomic E-state index is 0.0316. The first kappa shape index (κ1) is 25.6. The molecule has 1 heterocycles. The molecule has 0 bridgehead atoms. The Hall–Kier alpha value is -2.06. The van der Waals surface area contributed by atoms with Crippen molar-refractivity contribution >= 4 is 34.4 Å². The number of nitrogens with zero attached hydrogens (tertiary/aromatic N) is 3. The zero-order chi connectivity index (χ0) is 24.0. The summed E-state index contributed by atoms with van der Waals surface area (Å²) in [6, 6.07) is 14.4. The second kappa shape index (κ2) is 11.4. The Labute approximate surface area is 202 Å². The number of rotatable bonds is 11. The van der Waals surface area contributed by atoms with Gasteiger partial charge in [0.2, 0.25) is 0 Å². The van der Waals surface area contributed by atoms with Crippen LogP contribution in [-0.4, -0.2) is 35.5 Å². The highest BCUT2D eigenvalue weighted by molar-refractivity contribution is 8.00. The van der Waals surface area contributed by atoms with E-state index in [4.69, 9.17) is 14.9 Å². The van der Waals surface area contributed by atoms with Crippen LogP contribution in [0.1, 0.15) is 52.8 Å². The number of hydrogen-bond acceptors (Lipinski definition) is 5. The van der Waals surface area contributed by atoms with E-state index in [1.165, 1.54) is 5.52 Å². The van der Waals surface area contributed by atoms with Crippen molar-refractivity contribution in [3.05, 3.63) is 48.3 Å². The zero-order valence-electron chi connectivity index (χ0n) is 20.8. The van der Waals surface area contributed by atoms with Crippen LogP contribution in [0, 0.1) is 5.92 Å². The van der Waals surface area contributed by atoms with Crippen LogP contribution >= 0.6 is 11.9 Å². The minimum Gasteiger partial charge on any atom is -0.385 e. The van der Waals surface area contributed by atoms with Gasteiger partial charge in [-0.2, -0.15) is 5.48 Å². The molecule has 0 aliphatic carbocycles. The molecule has 6 nitrogen and oxygen atoms in total. The molecule has 0 aliphatic rings. The first-order valence-corrected chi connectivity index (χ1v) is 12.5. The molecule has 0 saturated carbocycles. The molecule has 0 radical (unpaired) electrons. The normalized spacial score (nSPS) is 12.9. The average Bonchev–Trinajstić information content (AvgIpc) is 3.17. The van der Waals surface area contributed by atoms with E-state index in [-0.39, 0.29) is 5.41 Å². The van der Waals surface area contributed by atoms with Crippen LogP contribution in [0.3, 0.4) is 0 Å². The molecular formula is C26H39N4O2S+. The standard InChI is InChI=1S/C26H38N4O2S/c1-7-19(9-8-16-32-6)18-30-24-15-12-21(17-23(24)27-25(30)26(2,3)4)29(5)33-22-13-10-20(28-31)11-14-22/h10-15,17,19,28,31H,7-9,16,18H2,1-6H3/p+1. The Morgan fingerprint density at radius 3 is 2.52 bits per heavy atom. The van der Waals surface area contributed by atoms with Gasteiger partial charge in [-0.3, -0.25) is 0 Å². The van der Waals surface area contributed by atoms with Crippen LogP contribution in [0.2, 0.25) is 0 Å². The van der Waals surface area contributed by atoms with Crippen molar-refractivity contribution in [2.75, 3.05) is 25.1 Å². The van der Waals surface area contributed by atoms with E-state index in [0.717, 1.165) is 65.5 Å². The predicted octanol–water partition coefficient (Wildman–Crippen LogP) is 5.51. The molecule has 0 fully saturated rings. The summed E-state index contributed by atoms with van der Waals surface area (Å²) in [5.74, 6) is 1.75. The summed E-state index contributed by atoms with van der Waals surface area (Å²) in [7, 11) is 3.85. The minimum atomic E-state index is -0.0316. The molecule has 180 valence electrons. The molecule has 3 rings (SSSR count). The zero-order valence-corrected chi connectivity index (χ0v) is 21.7. The number of fused-ring (bicyclic) bond motifs is 1. The van der Waals surface area contributed by atoms with Gasteiger partial charge in [-0.25, -0.2) is 10.2 Å². The molecule has 3 N–H and O–H groups in total. The van der Waals surface area contributed by atoms with E-state index in [0.29, 0.717) is 5.92 Å². The predicted molar refractivity (Wildman–Crippen MR) is 137 cm³/mol. The maximum Gasteiger partial charge on any atom is 0.161 e. The third-order valence-electron chi connectivity index (χ3n) is 6.02. The average molecular weight is 472 g/mol. The fourth-order valence-corrected chi connectivity index (χ4v) is 4.89. The molecule has 0 aliphatic heterocycles. The van der Waals surface area contributed by atoms with Gasteiger partial charge in [0.1, 0.15) is 5.82 Å². The van der Waals surface area contributed by atoms with E-state index >= 15 is 0 Å². The number of ether oxygens (including phenoxy) is 1. The van der Waals surface area contributed by atoms with Gasteiger partial charge in [0.25, 0.3) is 0 Å². The summed E-state index contributed by atoms with van der Waals surface area (Å²) in [4.78, 5) is 6.23. The monoisotopic (exact) mass is 471 g/mol. The summed E-state index contributed by atoms with van der Waals surface area (Å²) in [6.45, 7) is 10.8. The number of anilines is 1. The number of quaternary nitrogens is 1. The summed E-state index contributed by atoms with van der Waals surface area (Å²) in [5, 5.41) is 9.14. The van der Waals surface area contributed by atoms with Crippen molar-refractivity contribution in [2.24, 2.45) is 5.92 Å². The van der Waals surface area contributed by atoms with E-state index in [1.54, 1.807) is 19.1 Å². The second-order valence-corrected chi connectivity index (χ2v) is 10.9. The van der Waals surface area contributed by atoms with Gasteiger partial charge >= 0.3 is 0 Å². The van der Waals surface area contributed by atoms with Crippen LogP contribution in [-0.2, 0) is 16.7 Å². The lowest BCUT2D eigenvalue weighted by molar-refractivity contribution is -0.825. The van der Waals surface area contributed by atoms with Gasteiger partial charge in [0.05, 0.1) is 11.0 Å². The molecule has 0 amide bonds. The lowest BCUT2D eigenvalue weighted by atomic mass is 9.94. The fourth-order valence-electron chi connectivity index (χ4n) is 4.10. The highest BCUT2D eigenvalue weighted by Gasteiger charge is 2.24. The molecule has 2 aromatic carbocycles. The number of benzene rings is 2. The van der Waals surface area contributed by atoms with Crippen molar-refractivity contribution in [1.29, 1.82) is 0 Å². The molecule has 0 saturated heterocycles. The molecule has 1 aromatic heterocycles. The first-order valence-electron chi connectivity index (χ1n) is 11.8. The Kier molecular flexibility index (Phi) is 8.82. The van der Waals surface area contributed by atoms with Crippen LogP contribution in [0.5, 0.6) is 0 Å². The molecular weight excluding hydrogens is 432 g/mol. The van der Waals surface area contributed by atoms with Crippen molar-refractivity contribution in [2.45, 2.75) is 63.8 Å². The lowest BCUT2D eigenvalue weighted by Gasteiger charge is -2.23. The van der Waals surface area contributed by atoms with Crippen LogP contribution in [0.15, 0.2) is 47.4 Å². The number of methoxy groups -OCH3 is 1. The maximum atomic E-state index is 9.14. The molecule has 3 aromatic rings. The summed E-state index contributed by atoms with van der Waals surface area (Å²) in [6.07, 6.45) is 3.41. The van der Waals surface area contributed by atoms with Crippen molar-refractivity contribution < 1.29 is 15.4 Å². The fraction of sp³-hybridized carbons (Fsp3) is 0.500. The van der Waals surface area contributed by atoms with Gasteiger partial charge in [-0.1, -0.05) is 34.1 Å². The van der Waals surface area contributed by atoms with E-state index in [9.17, 15) is 0 Å². The molecule has 1 atom stereocenters. The molecule has 1 unspecified atom stereocenters. The van der Waals surface area contributed by atoms with Gasteiger partial charge < -0.3 is 13.6 Å². The van der Waals surface area contributed by atoms with Crippen LogP contribution in [0.4, 0.5) is 11.4 Å². The first-order chi connectivity index (χ1) is 15.8. The van der Waals surface area contributed by atoms with Crippen molar-refractivity contribution in [3.63, 3.8) is 0 Å². The largest absolute Gasteiger partial charge is 0.385 e. The van der Waals surface area contributed by atoms with E-state index in [1.807, 2.05) is 24.3 Å². The maximum absolute atomic E-state index is 9.14. The van der Waals surface area contributed by atoms with Crippen molar-refractivity contribution in [1.82, 2.24) is 9.55 Å². The number of hydrogen-bond donors (Lipinski definition) is 2. The van der Waals surface area contributed by atoms with Gasteiger partial charge in [0, 0.05) is 55.4 Å². The topological polar surface area (TPSA) is 67.1 Å². The summed E-state index contributed by atoms with van der Waals surface area (Å²) >= 11 is 1.66. The third-order valence-corrected chi connectivity index (χ3v) is 6.98. The van der Waals surface area contributed by atoms with Crippen LogP contribution in [0.25, 0.3) is 11.0 Å². The Morgan fingerprint density at radius 2 is 1.91 bits per heavy atom. The Balaban J connectivity index is 1.87. The SMILES string of the molecule is CCC(CCCOC)Cn1c(C(C)(C)C)nc2cc(N(C)Sc3ccc([NH2+]O)cc3)ccc21. The van der Waals surface area contributed by atoms with Gasteiger partial charge in [0.15, 0.2) is 5.69 Å². The highest BCUT2D eigenvalue weighted by Crippen LogP contribution is 2.33. The number of imidazole rings is 1. The van der Waals surface area contributed by atoms with Crippen molar-refractivity contribution in [3.8, 4) is 0 Å². The smallest absolute Gasteiger partial charge is 0.161 e. The third kappa shape index (κ3) is 6.51. The second-order valence-electron chi connectivity index (χ2n) is 9.67. The Morgan fingerprint density at radius 1 is 1.18 bits per heavy atom. The highest BCUT2D eigenvalue weighted by atomic mass is 32.2.